The van der Waals surface area contributed by atoms with Crippen LogP contribution >= 0.6 is 0 Å². The molecule has 0 heterocycles. The number of para-hydroxylation sites is 1. The molecule has 2 aromatic rings. The van der Waals surface area contributed by atoms with Gasteiger partial charge in [-0.25, -0.2) is 4.79 Å². The SMILES string of the molecule is Cc1ccc(C)c(C(=O)N(C)c2ccccc2)c1C(=O)O. The first-order valence-corrected chi connectivity index (χ1v) is 6.60. The van der Waals surface area contributed by atoms with E-state index in [0.717, 1.165) is 5.69 Å². The molecule has 2 rings (SSSR count). The summed E-state index contributed by atoms with van der Waals surface area (Å²) in [7, 11) is 1.64. The molecule has 0 atom stereocenters. The molecule has 108 valence electrons. The molecule has 0 fully saturated rings. The topological polar surface area (TPSA) is 57.6 Å². The number of carbonyl (C=O) groups excluding carboxylic acids is 1. The van der Waals surface area contributed by atoms with E-state index in [9.17, 15) is 14.7 Å². The van der Waals surface area contributed by atoms with E-state index in [1.165, 1.54) is 4.90 Å². The van der Waals surface area contributed by atoms with Crippen LogP contribution in [0.1, 0.15) is 31.8 Å². The number of anilines is 1. The summed E-state index contributed by atoms with van der Waals surface area (Å²) in [6.45, 7) is 3.44. The van der Waals surface area contributed by atoms with Crippen LogP contribution in [0.2, 0.25) is 0 Å². The lowest BCUT2D eigenvalue weighted by molar-refractivity contribution is 0.0691. The lowest BCUT2D eigenvalue weighted by Crippen LogP contribution is -2.29. The second-order valence-electron chi connectivity index (χ2n) is 4.95. The van der Waals surface area contributed by atoms with Crippen molar-refractivity contribution in [1.82, 2.24) is 0 Å². The molecule has 0 saturated carbocycles. The summed E-state index contributed by atoms with van der Waals surface area (Å²) in [4.78, 5) is 25.7. The maximum Gasteiger partial charge on any atom is 0.336 e. The van der Waals surface area contributed by atoms with Gasteiger partial charge in [-0.1, -0.05) is 30.3 Å². The molecule has 1 N–H and O–H groups in total. The van der Waals surface area contributed by atoms with Gasteiger partial charge in [-0.2, -0.15) is 0 Å². The standard InChI is InChI=1S/C17H17NO3/c1-11-9-10-12(2)15(17(20)21)14(11)16(19)18(3)13-7-5-4-6-8-13/h4-10H,1-3H3,(H,20,21). The van der Waals surface area contributed by atoms with Gasteiger partial charge >= 0.3 is 5.97 Å². The zero-order chi connectivity index (χ0) is 15.6. The highest BCUT2D eigenvalue weighted by molar-refractivity contribution is 6.13. The van der Waals surface area contributed by atoms with E-state index < -0.39 is 5.97 Å². The van der Waals surface area contributed by atoms with E-state index in [-0.39, 0.29) is 17.0 Å². The Morgan fingerprint density at radius 1 is 0.905 bits per heavy atom. The second-order valence-corrected chi connectivity index (χ2v) is 4.95. The van der Waals surface area contributed by atoms with Crippen LogP contribution in [0.5, 0.6) is 0 Å². The Kier molecular flexibility index (Phi) is 4.08. The van der Waals surface area contributed by atoms with Gasteiger partial charge in [0.1, 0.15) is 0 Å². The minimum Gasteiger partial charge on any atom is -0.478 e. The average molecular weight is 283 g/mol. The number of aryl methyl sites for hydroxylation is 2. The van der Waals surface area contributed by atoms with Gasteiger partial charge in [-0.15, -0.1) is 0 Å². The normalized spacial score (nSPS) is 10.2. The Bertz CT molecular complexity index is 693. The van der Waals surface area contributed by atoms with E-state index in [1.54, 1.807) is 33.0 Å². The first-order valence-electron chi connectivity index (χ1n) is 6.60. The summed E-state index contributed by atoms with van der Waals surface area (Å²) in [6.07, 6.45) is 0. The summed E-state index contributed by atoms with van der Waals surface area (Å²) < 4.78 is 0. The van der Waals surface area contributed by atoms with Gasteiger partial charge in [0.25, 0.3) is 5.91 Å². The average Bonchev–Trinajstić information content (AvgIpc) is 2.48. The number of aromatic carboxylic acids is 1. The van der Waals surface area contributed by atoms with Gasteiger partial charge < -0.3 is 10.0 Å². The van der Waals surface area contributed by atoms with Gasteiger partial charge in [-0.3, -0.25) is 4.79 Å². The number of benzene rings is 2. The Balaban J connectivity index is 2.54. The largest absolute Gasteiger partial charge is 0.478 e. The third kappa shape index (κ3) is 2.79. The molecule has 0 aliphatic rings. The maximum atomic E-state index is 12.7. The van der Waals surface area contributed by atoms with Crippen LogP contribution in [0, 0.1) is 13.8 Å². The third-order valence-corrected chi connectivity index (χ3v) is 3.50. The zero-order valence-corrected chi connectivity index (χ0v) is 12.3. The predicted octanol–water partition coefficient (Wildman–Crippen LogP) is 3.28. The minimum absolute atomic E-state index is 0.0720. The monoisotopic (exact) mass is 283 g/mol. The second kappa shape index (κ2) is 5.79. The molecule has 0 saturated heterocycles. The van der Waals surface area contributed by atoms with Crippen molar-refractivity contribution in [1.29, 1.82) is 0 Å². The molecular weight excluding hydrogens is 266 g/mol. The van der Waals surface area contributed by atoms with Crippen LogP contribution in [0.15, 0.2) is 42.5 Å². The van der Waals surface area contributed by atoms with Gasteiger partial charge in [0.2, 0.25) is 0 Å². The van der Waals surface area contributed by atoms with Crippen molar-refractivity contribution in [2.45, 2.75) is 13.8 Å². The molecule has 0 unspecified atom stereocenters. The van der Waals surface area contributed by atoms with Crippen LogP contribution in [-0.4, -0.2) is 24.0 Å². The Hall–Kier alpha value is -2.62. The number of hydrogen-bond acceptors (Lipinski definition) is 2. The number of hydrogen-bond donors (Lipinski definition) is 1. The highest BCUT2D eigenvalue weighted by atomic mass is 16.4. The first-order chi connectivity index (χ1) is 9.93. The first kappa shape index (κ1) is 14.8. The van der Waals surface area contributed by atoms with Gasteiger partial charge in [-0.05, 0) is 37.1 Å². The molecule has 21 heavy (non-hydrogen) atoms. The van der Waals surface area contributed by atoms with Crippen molar-refractivity contribution in [3.8, 4) is 0 Å². The number of amides is 1. The van der Waals surface area contributed by atoms with Crippen molar-refractivity contribution in [3.63, 3.8) is 0 Å². The number of carboxylic acid groups (broad SMARTS) is 1. The predicted molar refractivity (Wildman–Crippen MR) is 82.1 cm³/mol. The van der Waals surface area contributed by atoms with Crippen LogP contribution in [-0.2, 0) is 0 Å². The van der Waals surface area contributed by atoms with E-state index >= 15 is 0 Å². The van der Waals surface area contributed by atoms with Crippen molar-refractivity contribution in [2.24, 2.45) is 0 Å². The fraction of sp³-hybridized carbons (Fsp3) is 0.176. The molecule has 0 aliphatic heterocycles. The van der Waals surface area contributed by atoms with Crippen LogP contribution in [0.25, 0.3) is 0 Å². The van der Waals surface area contributed by atoms with Crippen LogP contribution in [0.3, 0.4) is 0 Å². The molecule has 2 aromatic carbocycles. The van der Waals surface area contributed by atoms with E-state index in [2.05, 4.69) is 0 Å². The van der Waals surface area contributed by atoms with Crippen molar-refractivity contribution >= 4 is 17.6 Å². The Labute approximate surface area is 123 Å². The van der Waals surface area contributed by atoms with Crippen molar-refractivity contribution < 1.29 is 14.7 Å². The zero-order valence-electron chi connectivity index (χ0n) is 12.3. The molecule has 0 spiro atoms. The fourth-order valence-electron chi connectivity index (χ4n) is 2.30. The summed E-state index contributed by atoms with van der Waals surface area (Å²) >= 11 is 0. The van der Waals surface area contributed by atoms with E-state index in [4.69, 9.17) is 0 Å². The fourth-order valence-corrected chi connectivity index (χ4v) is 2.30. The maximum absolute atomic E-state index is 12.7. The highest BCUT2D eigenvalue weighted by Gasteiger charge is 2.24. The van der Waals surface area contributed by atoms with Gasteiger partial charge in [0.15, 0.2) is 0 Å². The molecule has 0 aliphatic carbocycles. The Morgan fingerprint density at radius 2 is 1.43 bits per heavy atom. The molecule has 4 heteroatoms. The number of nitrogens with zero attached hydrogens (tertiary/aromatic N) is 1. The number of carboxylic acids is 1. The highest BCUT2D eigenvalue weighted by Crippen LogP contribution is 2.23. The van der Waals surface area contributed by atoms with Crippen molar-refractivity contribution in [2.75, 3.05) is 11.9 Å². The lowest BCUT2D eigenvalue weighted by Gasteiger charge is -2.20. The van der Waals surface area contributed by atoms with Crippen LogP contribution < -0.4 is 4.90 Å². The minimum atomic E-state index is -1.08. The van der Waals surface area contributed by atoms with E-state index in [0.29, 0.717) is 11.1 Å². The molecule has 4 nitrogen and oxygen atoms in total. The quantitative estimate of drug-likeness (QED) is 0.940. The summed E-state index contributed by atoms with van der Waals surface area (Å²) in [6, 6.07) is 12.6. The summed E-state index contributed by atoms with van der Waals surface area (Å²) in [5.41, 5.74) is 2.28. The van der Waals surface area contributed by atoms with Crippen molar-refractivity contribution in [3.05, 3.63) is 64.7 Å². The lowest BCUT2D eigenvalue weighted by atomic mass is 9.96. The van der Waals surface area contributed by atoms with Crippen LogP contribution in [0.4, 0.5) is 5.69 Å². The molecule has 1 amide bonds. The number of carbonyl (C=O) groups is 2. The summed E-state index contributed by atoms with van der Waals surface area (Å²) in [5.74, 6) is -1.40. The Morgan fingerprint density at radius 3 is 1.95 bits per heavy atom. The molecular formula is C17H17NO3. The van der Waals surface area contributed by atoms with E-state index in [1.807, 2.05) is 30.3 Å². The molecule has 0 aromatic heterocycles. The smallest absolute Gasteiger partial charge is 0.336 e. The molecule has 0 bridgehead atoms. The number of rotatable bonds is 3. The third-order valence-electron chi connectivity index (χ3n) is 3.50. The molecule has 0 radical (unpaired) electrons. The van der Waals surface area contributed by atoms with Gasteiger partial charge in [0.05, 0.1) is 11.1 Å². The summed E-state index contributed by atoms with van der Waals surface area (Å²) in [5, 5.41) is 9.40. The van der Waals surface area contributed by atoms with Gasteiger partial charge in [0, 0.05) is 12.7 Å².